The van der Waals surface area contributed by atoms with Crippen LogP contribution in [-0.2, 0) is 4.79 Å². The van der Waals surface area contributed by atoms with Crippen molar-refractivity contribution in [2.45, 2.75) is 12.8 Å². The zero-order valence-electron chi connectivity index (χ0n) is 12.2. The average Bonchev–Trinajstić information content (AvgIpc) is 3.05. The van der Waals surface area contributed by atoms with Crippen molar-refractivity contribution in [3.05, 3.63) is 48.3 Å². The highest BCUT2D eigenvalue weighted by molar-refractivity contribution is 5.92. The predicted octanol–water partition coefficient (Wildman–Crippen LogP) is 1.21. The molecule has 2 aromatic rings. The summed E-state index contributed by atoms with van der Waals surface area (Å²) < 4.78 is 1.68. The topological polar surface area (TPSA) is 81.2 Å². The number of benzene rings is 1. The highest BCUT2D eigenvalue weighted by atomic mass is 16.2. The van der Waals surface area contributed by atoms with Crippen molar-refractivity contribution in [1.82, 2.24) is 14.7 Å². The van der Waals surface area contributed by atoms with Crippen LogP contribution < -0.4 is 5.73 Å². The summed E-state index contributed by atoms with van der Waals surface area (Å²) >= 11 is 0. The van der Waals surface area contributed by atoms with Crippen molar-refractivity contribution in [3.63, 3.8) is 0 Å². The first-order valence-electron chi connectivity index (χ1n) is 7.35. The number of piperidine rings is 1. The number of carbonyl (C=O) groups excluding carboxylic acids is 2. The van der Waals surface area contributed by atoms with Gasteiger partial charge in [-0.25, -0.2) is 4.68 Å². The molecule has 0 spiro atoms. The Hall–Kier alpha value is -2.63. The lowest BCUT2D eigenvalue weighted by atomic mass is 9.96. The monoisotopic (exact) mass is 298 g/mol. The quantitative estimate of drug-likeness (QED) is 0.924. The van der Waals surface area contributed by atoms with Gasteiger partial charge in [0.05, 0.1) is 5.69 Å². The van der Waals surface area contributed by atoms with E-state index in [1.165, 1.54) is 0 Å². The molecule has 6 heteroatoms. The highest BCUT2D eigenvalue weighted by Crippen LogP contribution is 2.18. The Labute approximate surface area is 128 Å². The molecule has 2 amide bonds. The van der Waals surface area contributed by atoms with Gasteiger partial charge in [-0.05, 0) is 31.0 Å². The molecule has 0 unspecified atom stereocenters. The zero-order valence-corrected chi connectivity index (χ0v) is 12.2. The number of nitrogens with zero attached hydrogens (tertiary/aromatic N) is 3. The fourth-order valence-electron chi connectivity index (χ4n) is 2.69. The first-order chi connectivity index (χ1) is 10.6. The Morgan fingerprint density at radius 3 is 2.41 bits per heavy atom. The Morgan fingerprint density at radius 1 is 1.09 bits per heavy atom. The van der Waals surface area contributed by atoms with Gasteiger partial charge in [0.25, 0.3) is 5.91 Å². The molecule has 0 saturated carbocycles. The van der Waals surface area contributed by atoms with Gasteiger partial charge >= 0.3 is 0 Å². The number of primary amides is 1. The van der Waals surface area contributed by atoms with Crippen LogP contribution in [0.1, 0.15) is 23.3 Å². The standard InChI is InChI=1S/C16H18N4O2/c17-15(21)12-6-9-19(10-7-12)16(22)14-8-11-20(18-14)13-4-2-1-3-5-13/h1-5,8,11-12H,6-7,9-10H2,(H2,17,21). The van der Waals surface area contributed by atoms with Gasteiger partial charge in [0.2, 0.25) is 5.91 Å². The molecule has 114 valence electrons. The number of amides is 2. The van der Waals surface area contributed by atoms with Crippen LogP contribution in [0.5, 0.6) is 0 Å². The second-order valence-corrected chi connectivity index (χ2v) is 5.45. The Kier molecular flexibility index (Phi) is 3.91. The number of rotatable bonds is 3. The first-order valence-corrected chi connectivity index (χ1v) is 7.35. The van der Waals surface area contributed by atoms with E-state index in [0.717, 1.165) is 5.69 Å². The van der Waals surface area contributed by atoms with Crippen LogP contribution in [0.4, 0.5) is 0 Å². The van der Waals surface area contributed by atoms with Crippen LogP contribution >= 0.6 is 0 Å². The van der Waals surface area contributed by atoms with Gasteiger partial charge in [-0.2, -0.15) is 5.10 Å². The number of likely N-dealkylation sites (tertiary alicyclic amines) is 1. The van der Waals surface area contributed by atoms with Crippen LogP contribution in [0.15, 0.2) is 42.6 Å². The molecule has 1 aromatic heterocycles. The molecule has 2 N–H and O–H groups in total. The molecule has 1 aliphatic rings. The zero-order chi connectivity index (χ0) is 15.5. The summed E-state index contributed by atoms with van der Waals surface area (Å²) in [6.45, 7) is 1.09. The Morgan fingerprint density at radius 2 is 1.77 bits per heavy atom. The van der Waals surface area contributed by atoms with E-state index >= 15 is 0 Å². The number of hydrogen-bond acceptors (Lipinski definition) is 3. The van der Waals surface area contributed by atoms with Crippen molar-refractivity contribution in [2.75, 3.05) is 13.1 Å². The van der Waals surface area contributed by atoms with Crippen molar-refractivity contribution in [2.24, 2.45) is 11.7 Å². The van der Waals surface area contributed by atoms with Crippen LogP contribution in [-0.4, -0.2) is 39.6 Å². The summed E-state index contributed by atoms with van der Waals surface area (Å²) in [5.74, 6) is -0.496. The minimum Gasteiger partial charge on any atom is -0.369 e. The molecule has 0 aliphatic carbocycles. The maximum atomic E-state index is 12.5. The number of hydrogen-bond donors (Lipinski definition) is 1. The van der Waals surface area contributed by atoms with Crippen molar-refractivity contribution < 1.29 is 9.59 Å². The molecular weight excluding hydrogens is 280 g/mol. The van der Waals surface area contributed by atoms with E-state index in [1.54, 1.807) is 21.8 Å². The number of para-hydroxylation sites is 1. The molecule has 1 aromatic carbocycles. The van der Waals surface area contributed by atoms with Gasteiger partial charge in [-0.3, -0.25) is 9.59 Å². The molecule has 1 aliphatic heterocycles. The number of carbonyl (C=O) groups is 2. The lowest BCUT2D eigenvalue weighted by molar-refractivity contribution is -0.123. The maximum absolute atomic E-state index is 12.5. The van der Waals surface area contributed by atoms with Crippen molar-refractivity contribution in [1.29, 1.82) is 0 Å². The molecule has 1 saturated heterocycles. The van der Waals surface area contributed by atoms with E-state index in [4.69, 9.17) is 5.73 Å². The molecule has 0 radical (unpaired) electrons. The fraction of sp³-hybridized carbons (Fsp3) is 0.312. The third-order valence-corrected chi connectivity index (χ3v) is 4.01. The molecular formula is C16H18N4O2. The lowest BCUT2D eigenvalue weighted by Gasteiger charge is -2.29. The second-order valence-electron chi connectivity index (χ2n) is 5.45. The lowest BCUT2D eigenvalue weighted by Crippen LogP contribution is -2.41. The highest BCUT2D eigenvalue weighted by Gasteiger charge is 2.27. The summed E-state index contributed by atoms with van der Waals surface area (Å²) in [7, 11) is 0. The molecule has 0 bridgehead atoms. The van der Waals surface area contributed by atoms with Crippen LogP contribution in [0, 0.1) is 5.92 Å². The molecule has 6 nitrogen and oxygen atoms in total. The number of nitrogens with two attached hydrogens (primary N) is 1. The van der Waals surface area contributed by atoms with Crippen LogP contribution in [0.2, 0.25) is 0 Å². The molecule has 22 heavy (non-hydrogen) atoms. The van der Waals surface area contributed by atoms with Gasteiger partial charge in [0.15, 0.2) is 5.69 Å². The Bertz CT molecular complexity index is 672. The summed E-state index contributed by atoms with van der Waals surface area (Å²) in [6.07, 6.45) is 3.03. The van der Waals surface area contributed by atoms with Gasteiger partial charge in [0.1, 0.15) is 0 Å². The summed E-state index contributed by atoms with van der Waals surface area (Å²) in [5, 5.41) is 4.34. The first kappa shape index (κ1) is 14.3. The Balaban J connectivity index is 1.69. The third-order valence-electron chi connectivity index (χ3n) is 4.01. The normalized spacial score (nSPS) is 15.7. The van der Waals surface area contributed by atoms with Crippen molar-refractivity contribution in [3.8, 4) is 5.69 Å². The predicted molar refractivity (Wildman–Crippen MR) is 81.4 cm³/mol. The third kappa shape index (κ3) is 2.86. The average molecular weight is 298 g/mol. The van der Waals surface area contributed by atoms with Gasteiger partial charge in [-0.15, -0.1) is 0 Å². The largest absolute Gasteiger partial charge is 0.369 e. The SMILES string of the molecule is NC(=O)C1CCN(C(=O)c2ccn(-c3ccccc3)n2)CC1. The van der Waals surface area contributed by atoms with E-state index < -0.39 is 0 Å². The molecule has 2 heterocycles. The second kappa shape index (κ2) is 6.01. The molecule has 0 atom stereocenters. The smallest absolute Gasteiger partial charge is 0.274 e. The minimum atomic E-state index is -0.277. The van der Waals surface area contributed by atoms with E-state index in [-0.39, 0.29) is 17.7 Å². The van der Waals surface area contributed by atoms with Gasteiger partial charge in [-0.1, -0.05) is 18.2 Å². The summed E-state index contributed by atoms with van der Waals surface area (Å²) in [4.78, 5) is 25.4. The molecule has 1 fully saturated rings. The van der Waals surface area contributed by atoms with Gasteiger partial charge < -0.3 is 10.6 Å². The van der Waals surface area contributed by atoms with E-state index in [2.05, 4.69) is 5.10 Å². The summed E-state index contributed by atoms with van der Waals surface area (Å²) in [6, 6.07) is 11.4. The minimum absolute atomic E-state index is 0.0994. The van der Waals surface area contributed by atoms with E-state index in [1.807, 2.05) is 30.3 Å². The van der Waals surface area contributed by atoms with Gasteiger partial charge in [0, 0.05) is 25.2 Å². The van der Waals surface area contributed by atoms with E-state index in [0.29, 0.717) is 31.6 Å². The maximum Gasteiger partial charge on any atom is 0.274 e. The fourth-order valence-corrected chi connectivity index (χ4v) is 2.69. The van der Waals surface area contributed by atoms with Crippen molar-refractivity contribution >= 4 is 11.8 Å². The number of aromatic nitrogens is 2. The van der Waals surface area contributed by atoms with Crippen LogP contribution in [0.25, 0.3) is 5.69 Å². The van der Waals surface area contributed by atoms with E-state index in [9.17, 15) is 9.59 Å². The summed E-state index contributed by atoms with van der Waals surface area (Å²) in [5.41, 5.74) is 6.64. The van der Waals surface area contributed by atoms with Crippen LogP contribution in [0.3, 0.4) is 0 Å². The molecule has 3 rings (SSSR count).